The van der Waals surface area contributed by atoms with E-state index < -0.39 is 6.09 Å². The quantitative estimate of drug-likeness (QED) is 0.346. The fourth-order valence-corrected chi connectivity index (χ4v) is 5.33. The first-order chi connectivity index (χ1) is 18.8. The maximum absolute atomic E-state index is 13.4. The van der Waals surface area contributed by atoms with Crippen molar-refractivity contribution in [1.82, 2.24) is 14.9 Å². The Bertz CT molecular complexity index is 1470. The minimum atomic E-state index is -1.19. The number of anilines is 2. The van der Waals surface area contributed by atoms with Gasteiger partial charge in [0.05, 0.1) is 17.4 Å². The highest BCUT2D eigenvalue weighted by atomic mass is 35.5. The molecule has 2 bridgehead atoms. The number of hydrogen-bond acceptors (Lipinski definition) is 5. The Morgan fingerprint density at radius 2 is 1.87 bits per heavy atom. The van der Waals surface area contributed by atoms with Crippen LogP contribution >= 0.6 is 11.6 Å². The Morgan fingerprint density at radius 3 is 2.64 bits per heavy atom. The van der Waals surface area contributed by atoms with Gasteiger partial charge in [0.15, 0.2) is 0 Å². The van der Waals surface area contributed by atoms with E-state index >= 15 is 0 Å². The van der Waals surface area contributed by atoms with E-state index in [9.17, 15) is 14.4 Å². The molecule has 0 fully saturated rings. The van der Waals surface area contributed by atoms with Crippen molar-refractivity contribution >= 4 is 46.5 Å². The van der Waals surface area contributed by atoms with Crippen LogP contribution < -0.4 is 10.6 Å². The molecule has 0 spiro atoms. The highest BCUT2D eigenvalue weighted by molar-refractivity contribution is 6.29. The van der Waals surface area contributed by atoms with E-state index in [0.29, 0.717) is 42.3 Å². The molecule has 0 saturated carbocycles. The molecule has 2 atom stereocenters. The maximum atomic E-state index is 13.4. The Hall–Kier alpha value is -4.24. The average molecular weight is 546 g/mol. The van der Waals surface area contributed by atoms with Crippen LogP contribution in [0.4, 0.5) is 16.2 Å². The number of nitrogens with one attached hydrogen (secondary N) is 2. The molecular weight excluding hydrogens is 518 g/mol. The molecule has 5 rings (SSSR count). The van der Waals surface area contributed by atoms with Gasteiger partial charge in [-0.25, -0.2) is 9.78 Å². The number of carboxylic acid groups (broad SMARTS) is 1. The second-order valence-corrected chi connectivity index (χ2v) is 10.2. The Labute approximate surface area is 230 Å². The van der Waals surface area contributed by atoms with Gasteiger partial charge in [-0.3, -0.25) is 19.9 Å². The van der Waals surface area contributed by atoms with Crippen molar-refractivity contribution in [2.75, 3.05) is 17.2 Å². The number of pyridine rings is 2. The number of carbonyl (C=O) groups is 3. The summed E-state index contributed by atoms with van der Waals surface area (Å²) < 4.78 is 0. The highest BCUT2D eigenvalue weighted by Gasteiger charge is 2.30. The summed E-state index contributed by atoms with van der Waals surface area (Å²) in [6.45, 7) is 2.39. The van der Waals surface area contributed by atoms with Gasteiger partial charge in [0, 0.05) is 42.2 Å². The van der Waals surface area contributed by atoms with Crippen molar-refractivity contribution in [2.24, 2.45) is 5.92 Å². The lowest BCUT2D eigenvalue weighted by atomic mass is 9.93. The molecule has 10 heteroatoms. The summed E-state index contributed by atoms with van der Waals surface area (Å²) in [7, 11) is 0. The van der Waals surface area contributed by atoms with E-state index in [1.807, 2.05) is 30.0 Å². The van der Waals surface area contributed by atoms with Crippen molar-refractivity contribution < 1.29 is 19.5 Å². The van der Waals surface area contributed by atoms with Gasteiger partial charge in [0.2, 0.25) is 11.8 Å². The number of carbonyl (C=O) groups excluding carboxylic acids is 2. The zero-order valence-electron chi connectivity index (χ0n) is 21.4. The number of amides is 3. The summed E-state index contributed by atoms with van der Waals surface area (Å²) >= 11 is 6.06. The summed E-state index contributed by atoms with van der Waals surface area (Å²) in [5.74, 6) is -0.517. The minimum absolute atomic E-state index is 0.0935. The standard InChI is InChI=1S/C29H28ClN5O4/c1-17-3-2-4-25(35-12-9-19(15-27(35)36)18-7-11-32-26(30)14-18)24-13-20(8-10-31-24)22-6-5-21(33-29(38)39)16-23(22)34-28(17)37/h5-8,10-11,13-17,25,33H,2-4,9,12H2,1H3,(H,34,37)(H,38,39)/t17-,25+/m1/s1. The number of aromatic nitrogens is 2. The van der Waals surface area contributed by atoms with Crippen LogP contribution in [0.5, 0.6) is 0 Å². The van der Waals surface area contributed by atoms with Gasteiger partial charge in [-0.1, -0.05) is 31.0 Å². The van der Waals surface area contributed by atoms with E-state index in [4.69, 9.17) is 16.7 Å². The first kappa shape index (κ1) is 26.4. The van der Waals surface area contributed by atoms with Gasteiger partial charge in [0.25, 0.3) is 0 Å². The smallest absolute Gasteiger partial charge is 0.409 e. The van der Waals surface area contributed by atoms with Crippen LogP contribution in [0, 0.1) is 5.92 Å². The number of rotatable bonds is 3. The maximum Gasteiger partial charge on any atom is 0.409 e. The van der Waals surface area contributed by atoms with Crippen molar-refractivity contribution in [3.8, 4) is 11.1 Å². The molecule has 2 aliphatic heterocycles. The number of halogens is 1. The summed E-state index contributed by atoms with van der Waals surface area (Å²) in [6, 6.07) is 12.2. The number of fused-ring (bicyclic) bond motifs is 4. The van der Waals surface area contributed by atoms with Crippen molar-refractivity contribution in [1.29, 1.82) is 0 Å². The van der Waals surface area contributed by atoms with Crippen LogP contribution in [0.3, 0.4) is 0 Å². The van der Waals surface area contributed by atoms with Gasteiger partial charge in [-0.05, 0) is 72.4 Å². The van der Waals surface area contributed by atoms with E-state index in [1.165, 1.54) is 0 Å². The molecule has 4 heterocycles. The predicted molar refractivity (Wildman–Crippen MR) is 149 cm³/mol. The van der Waals surface area contributed by atoms with Gasteiger partial charge in [0.1, 0.15) is 5.15 Å². The molecule has 2 aliphatic rings. The molecule has 0 saturated heterocycles. The van der Waals surface area contributed by atoms with Crippen molar-refractivity contribution in [3.63, 3.8) is 0 Å². The highest BCUT2D eigenvalue weighted by Crippen LogP contribution is 2.37. The van der Waals surface area contributed by atoms with Gasteiger partial charge < -0.3 is 15.3 Å². The molecule has 3 N–H and O–H groups in total. The normalized spacial score (nSPS) is 19.6. The second-order valence-electron chi connectivity index (χ2n) is 9.82. The van der Waals surface area contributed by atoms with Crippen LogP contribution in [-0.4, -0.2) is 44.4 Å². The predicted octanol–water partition coefficient (Wildman–Crippen LogP) is 6.00. The van der Waals surface area contributed by atoms with Crippen LogP contribution in [0.2, 0.25) is 5.15 Å². The molecule has 3 amide bonds. The van der Waals surface area contributed by atoms with Gasteiger partial charge in [-0.2, -0.15) is 0 Å². The Morgan fingerprint density at radius 1 is 1.08 bits per heavy atom. The summed E-state index contributed by atoms with van der Waals surface area (Å²) in [6.07, 6.45) is 6.50. The third kappa shape index (κ3) is 5.93. The number of nitrogens with zero attached hydrogens (tertiary/aromatic N) is 3. The fraction of sp³-hybridized carbons (Fsp3) is 0.276. The summed E-state index contributed by atoms with van der Waals surface area (Å²) in [5, 5.41) is 14.8. The first-order valence-corrected chi connectivity index (χ1v) is 13.2. The monoisotopic (exact) mass is 545 g/mol. The molecule has 39 heavy (non-hydrogen) atoms. The van der Waals surface area contributed by atoms with Crippen molar-refractivity contribution in [2.45, 2.75) is 38.6 Å². The first-order valence-electron chi connectivity index (χ1n) is 12.8. The molecule has 2 aromatic heterocycles. The molecule has 200 valence electrons. The molecular formula is C29H28ClN5O4. The van der Waals surface area contributed by atoms with Crippen LogP contribution in [0.15, 0.2) is 60.9 Å². The van der Waals surface area contributed by atoms with E-state index in [2.05, 4.69) is 20.6 Å². The van der Waals surface area contributed by atoms with E-state index in [1.54, 1.807) is 42.7 Å². The topological polar surface area (TPSA) is 125 Å². The number of benzene rings is 1. The SMILES string of the molecule is C[C@@H]1CCC[C@H](N2CCC(c3ccnc(Cl)c3)=CC2=O)c2cc(ccn2)-c2ccc(NC(=O)O)cc2NC1=O. The largest absolute Gasteiger partial charge is 0.465 e. The average Bonchev–Trinajstić information content (AvgIpc) is 2.91. The lowest BCUT2D eigenvalue weighted by molar-refractivity contribution is -0.129. The van der Waals surface area contributed by atoms with E-state index in [-0.39, 0.29) is 23.8 Å². The molecule has 3 aromatic rings. The lowest BCUT2D eigenvalue weighted by Gasteiger charge is -2.34. The summed E-state index contributed by atoms with van der Waals surface area (Å²) in [5.41, 5.74) is 4.97. The molecule has 1 aromatic carbocycles. The zero-order valence-corrected chi connectivity index (χ0v) is 22.1. The lowest BCUT2D eigenvalue weighted by Crippen LogP contribution is -2.38. The molecule has 9 nitrogen and oxygen atoms in total. The Balaban J connectivity index is 1.52. The third-order valence-electron chi connectivity index (χ3n) is 7.20. The summed E-state index contributed by atoms with van der Waals surface area (Å²) in [4.78, 5) is 48.2. The third-order valence-corrected chi connectivity index (χ3v) is 7.41. The molecule has 0 unspecified atom stereocenters. The van der Waals surface area contributed by atoms with Gasteiger partial charge in [-0.15, -0.1) is 0 Å². The van der Waals surface area contributed by atoms with Gasteiger partial charge >= 0.3 is 6.09 Å². The Kier molecular flexibility index (Phi) is 7.60. The minimum Gasteiger partial charge on any atom is -0.465 e. The van der Waals surface area contributed by atoms with E-state index in [0.717, 1.165) is 34.4 Å². The van der Waals surface area contributed by atoms with Crippen molar-refractivity contribution in [3.05, 3.63) is 77.3 Å². The fourth-order valence-electron chi connectivity index (χ4n) is 5.16. The molecule has 0 radical (unpaired) electrons. The number of hydrogen-bond donors (Lipinski definition) is 3. The second kappa shape index (κ2) is 11.2. The van der Waals surface area contributed by atoms with Crippen LogP contribution in [-0.2, 0) is 9.59 Å². The van der Waals surface area contributed by atoms with Crippen LogP contribution in [0.1, 0.15) is 49.9 Å². The van der Waals surface area contributed by atoms with Crippen LogP contribution in [0.25, 0.3) is 16.7 Å². The molecule has 0 aliphatic carbocycles. The zero-order chi connectivity index (χ0) is 27.5.